The first-order valence-corrected chi connectivity index (χ1v) is 5.65. The summed E-state index contributed by atoms with van der Waals surface area (Å²) >= 11 is 0. The lowest BCUT2D eigenvalue weighted by Gasteiger charge is -2.35. The molecule has 1 heterocycles. The van der Waals surface area contributed by atoms with Gasteiger partial charge in [-0.05, 0) is 0 Å². The van der Waals surface area contributed by atoms with Crippen molar-refractivity contribution >= 4 is 5.91 Å². The maximum atomic E-state index is 11.7. The van der Waals surface area contributed by atoms with Crippen LogP contribution in [0.25, 0.3) is 0 Å². The zero-order valence-corrected chi connectivity index (χ0v) is 10.0. The van der Waals surface area contributed by atoms with Crippen LogP contribution < -0.4 is 0 Å². The van der Waals surface area contributed by atoms with Gasteiger partial charge in [-0.1, -0.05) is 13.8 Å². The molecule has 0 N–H and O–H groups in total. The number of carbonyl (C=O) groups excluding carboxylic acids is 1. The van der Waals surface area contributed by atoms with Crippen molar-refractivity contribution in [3.8, 4) is 0 Å². The number of hydrogen-bond donors (Lipinski definition) is 0. The van der Waals surface area contributed by atoms with Crippen LogP contribution in [0, 0.1) is 5.92 Å². The number of hydrogen-bond acceptors (Lipinski definition) is 3. The van der Waals surface area contributed by atoms with E-state index >= 15 is 0 Å². The van der Waals surface area contributed by atoms with Gasteiger partial charge in [0.05, 0.1) is 6.61 Å². The van der Waals surface area contributed by atoms with Crippen molar-refractivity contribution in [2.75, 3.05) is 46.4 Å². The van der Waals surface area contributed by atoms with Crippen molar-refractivity contribution in [3.63, 3.8) is 0 Å². The smallest absolute Gasteiger partial charge is 0.225 e. The maximum absolute atomic E-state index is 11.7. The van der Waals surface area contributed by atoms with E-state index in [2.05, 4.69) is 4.90 Å². The van der Waals surface area contributed by atoms with Crippen molar-refractivity contribution in [3.05, 3.63) is 0 Å². The van der Waals surface area contributed by atoms with Crippen molar-refractivity contribution in [1.29, 1.82) is 0 Å². The van der Waals surface area contributed by atoms with E-state index in [1.807, 2.05) is 18.7 Å². The summed E-state index contributed by atoms with van der Waals surface area (Å²) in [5, 5.41) is 0. The maximum Gasteiger partial charge on any atom is 0.225 e. The van der Waals surface area contributed by atoms with Crippen LogP contribution in [0.3, 0.4) is 0 Å². The van der Waals surface area contributed by atoms with Crippen LogP contribution >= 0.6 is 0 Å². The first-order valence-electron chi connectivity index (χ1n) is 5.65. The Balaban J connectivity index is 2.26. The molecule has 4 nitrogen and oxygen atoms in total. The van der Waals surface area contributed by atoms with Gasteiger partial charge in [0.1, 0.15) is 0 Å². The van der Waals surface area contributed by atoms with E-state index in [1.54, 1.807) is 7.11 Å². The highest BCUT2D eigenvalue weighted by molar-refractivity contribution is 5.78. The van der Waals surface area contributed by atoms with Crippen LogP contribution in [0.5, 0.6) is 0 Å². The third-order valence-corrected chi connectivity index (χ3v) is 2.79. The highest BCUT2D eigenvalue weighted by Crippen LogP contribution is 2.06. The average molecular weight is 214 g/mol. The highest BCUT2D eigenvalue weighted by atomic mass is 16.5. The second kappa shape index (κ2) is 6.08. The summed E-state index contributed by atoms with van der Waals surface area (Å²) < 4.78 is 5.03. The SMILES string of the molecule is COCCN1CCN(C(=O)C(C)C)CC1. The summed E-state index contributed by atoms with van der Waals surface area (Å²) in [6.45, 7) is 9.34. The molecular formula is C11H22N2O2. The topological polar surface area (TPSA) is 32.8 Å². The number of ether oxygens (including phenoxy) is 1. The molecule has 4 heteroatoms. The van der Waals surface area contributed by atoms with Crippen LogP contribution in [0.1, 0.15) is 13.8 Å². The van der Waals surface area contributed by atoms with Gasteiger partial charge in [-0.15, -0.1) is 0 Å². The normalized spacial score (nSPS) is 18.5. The molecule has 1 fully saturated rings. The van der Waals surface area contributed by atoms with Crippen LogP contribution in [0.4, 0.5) is 0 Å². The zero-order valence-electron chi connectivity index (χ0n) is 10.0. The Morgan fingerprint density at radius 3 is 2.33 bits per heavy atom. The number of amides is 1. The van der Waals surface area contributed by atoms with Crippen molar-refractivity contribution < 1.29 is 9.53 Å². The van der Waals surface area contributed by atoms with E-state index in [0.717, 1.165) is 39.3 Å². The molecule has 1 aliphatic rings. The Hall–Kier alpha value is -0.610. The summed E-state index contributed by atoms with van der Waals surface area (Å²) in [6.07, 6.45) is 0. The van der Waals surface area contributed by atoms with Crippen LogP contribution in [0.15, 0.2) is 0 Å². The van der Waals surface area contributed by atoms with Crippen LogP contribution in [0.2, 0.25) is 0 Å². The fraction of sp³-hybridized carbons (Fsp3) is 0.909. The van der Waals surface area contributed by atoms with Crippen molar-refractivity contribution in [1.82, 2.24) is 9.80 Å². The molecule has 1 rings (SSSR count). The number of nitrogens with zero attached hydrogens (tertiary/aromatic N) is 2. The average Bonchev–Trinajstić information content (AvgIpc) is 2.26. The Morgan fingerprint density at radius 1 is 1.27 bits per heavy atom. The van der Waals surface area contributed by atoms with E-state index in [9.17, 15) is 4.79 Å². The minimum atomic E-state index is 0.121. The van der Waals surface area contributed by atoms with E-state index in [1.165, 1.54) is 0 Å². The summed E-state index contributed by atoms with van der Waals surface area (Å²) in [7, 11) is 1.72. The molecule has 1 saturated heterocycles. The minimum absolute atomic E-state index is 0.121. The second-order valence-corrected chi connectivity index (χ2v) is 4.31. The van der Waals surface area contributed by atoms with E-state index in [4.69, 9.17) is 4.74 Å². The third-order valence-electron chi connectivity index (χ3n) is 2.79. The van der Waals surface area contributed by atoms with Gasteiger partial charge in [-0.25, -0.2) is 0 Å². The van der Waals surface area contributed by atoms with Gasteiger partial charge in [0.2, 0.25) is 5.91 Å². The fourth-order valence-electron chi connectivity index (χ4n) is 1.78. The molecule has 0 aromatic rings. The molecule has 0 atom stereocenters. The summed E-state index contributed by atoms with van der Waals surface area (Å²) in [4.78, 5) is 16.0. The lowest BCUT2D eigenvalue weighted by Crippen LogP contribution is -2.50. The molecule has 15 heavy (non-hydrogen) atoms. The molecule has 0 bridgehead atoms. The first-order chi connectivity index (χ1) is 7.15. The lowest BCUT2D eigenvalue weighted by molar-refractivity contribution is -0.136. The van der Waals surface area contributed by atoms with Gasteiger partial charge in [0.25, 0.3) is 0 Å². The summed E-state index contributed by atoms with van der Waals surface area (Å²) in [5.41, 5.74) is 0. The Morgan fingerprint density at radius 2 is 1.87 bits per heavy atom. The molecule has 0 aromatic carbocycles. The summed E-state index contributed by atoms with van der Waals surface area (Å²) in [6, 6.07) is 0. The number of rotatable bonds is 4. The molecule has 0 saturated carbocycles. The first kappa shape index (κ1) is 12.5. The zero-order chi connectivity index (χ0) is 11.3. The van der Waals surface area contributed by atoms with Crippen LogP contribution in [-0.2, 0) is 9.53 Å². The predicted octanol–water partition coefficient (Wildman–Crippen LogP) is 0.433. The van der Waals surface area contributed by atoms with Crippen LogP contribution in [-0.4, -0.2) is 62.1 Å². The molecule has 0 radical (unpaired) electrons. The molecule has 0 spiro atoms. The Labute approximate surface area is 92.2 Å². The van der Waals surface area contributed by atoms with Crippen molar-refractivity contribution in [2.24, 2.45) is 5.92 Å². The van der Waals surface area contributed by atoms with Gasteiger partial charge in [0.15, 0.2) is 0 Å². The largest absolute Gasteiger partial charge is 0.383 e. The van der Waals surface area contributed by atoms with Gasteiger partial charge >= 0.3 is 0 Å². The van der Waals surface area contributed by atoms with E-state index in [-0.39, 0.29) is 11.8 Å². The van der Waals surface area contributed by atoms with Gasteiger partial charge in [-0.2, -0.15) is 0 Å². The fourth-order valence-corrected chi connectivity index (χ4v) is 1.78. The second-order valence-electron chi connectivity index (χ2n) is 4.31. The highest BCUT2D eigenvalue weighted by Gasteiger charge is 2.22. The van der Waals surface area contributed by atoms with Gasteiger partial charge < -0.3 is 9.64 Å². The molecule has 1 aliphatic heterocycles. The Bertz CT molecular complexity index is 199. The Kier molecular flexibility index (Phi) is 5.05. The van der Waals surface area contributed by atoms with E-state index in [0.29, 0.717) is 0 Å². The molecule has 0 aromatic heterocycles. The van der Waals surface area contributed by atoms with Gasteiger partial charge in [0, 0.05) is 45.8 Å². The molecular weight excluding hydrogens is 192 g/mol. The summed E-state index contributed by atoms with van der Waals surface area (Å²) in [5.74, 6) is 0.400. The minimum Gasteiger partial charge on any atom is -0.383 e. The molecule has 0 unspecified atom stereocenters. The number of piperazine rings is 1. The number of methoxy groups -OCH3 is 1. The predicted molar refractivity (Wildman–Crippen MR) is 59.7 cm³/mol. The van der Waals surface area contributed by atoms with E-state index < -0.39 is 0 Å². The lowest BCUT2D eigenvalue weighted by atomic mass is 10.1. The monoisotopic (exact) mass is 214 g/mol. The molecule has 88 valence electrons. The number of carbonyl (C=O) groups is 1. The molecule has 0 aliphatic carbocycles. The third kappa shape index (κ3) is 3.80. The van der Waals surface area contributed by atoms with Gasteiger partial charge in [-0.3, -0.25) is 9.69 Å². The standard InChI is InChI=1S/C11H22N2O2/c1-10(2)11(14)13-6-4-12(5-7-13)8-9-15-3/h10H,4-9H2,1-3H3. The van der Waals surface area contributed by atoms with Crippen molar-refractivity contribution in [2.45, 2.75) is 13.8 Å². The quantitative estimate of drug-likeness (QED) is 0.680. The molecule has 1 amide bonds.